The number of aliphatic hydroxyl groups excluding tert-OH is 1. The topological polar surface area (TPSA) is 151 Å². The molecule has 0 aliphatic carbocycles. The number of imidazole rings is 1. The predicted molar refractivity (Wildman–Crippen MR) is 67.0 cm³/mol. The fourth-order valence-corrected chi connectivity index (χ4v) is 1.96. The van der Waals surface area contributed by atoms with Crippen LogP contribution in [0.2, 0.25) is 0 Å². The lowest BCUT2D eigenvalue weighted by Gasteiger charge is -2.12. The molecule has 2 rings (SSSR count). The minimum atomic E-state index is -4.25. The summed E-state index contributed by atoms with van der Waals surface area (Å²) in [5.41, 5.74) is 0.0691. The van der Waals surface area contributed by atoms with Gasteiger partial charge in [-0.1, -0.05) is 0 Å². The van der Waals surface area contributed by atoms with Crippen molar-refractivity contribution >= 4 is 18.8 Å². The predicted octanol–water partition coefficient (Wildman–Crippen LogP) is -1.37. The van der Waals surface area contributed by atoms with Gasteiger partial charge in [0.2, 0.25) is 0 Å². The standard InChI is InChI=1S/C9H13N4O6P/c14-6(2-19-5-20(16,17)18)1-13-4-12-7-8(13)10-3-11-9(7)15/h3-4,6,14H,1-2,5H2,(H,10,11,15)(H2,16,17,18)/t6-/m1/s1. The molecule has 4 N–H and O–H groups in total. The summed E-state index contributed by atoms with van der Waals surface area (Å²) in [6, 6.07) is 0. The molecule has 0 aliphatic heterocycles. The molecule has 0 bridgehead atoms. The summed E-state index contributed by atoms with van der Waals surface area (Å²) in [7, 11) is -4.25. The second-order valence-electron chi connectivity index (χ2n) is 4.12. The first-order valence-electron chi connectivity index (χ1n) is 5.56. The molecule has 0 spiro atoms. The molecule has 0 aliphatic rings. The molecule has 11 heteroatoms. The number of rotatable bonds is 6. The maximum Gasteiger partial charge on any atom is 0.350 e. The molecule has 0 aromatic carbocycles. The van der Waals surface area contributed by atoms with Gasteiger partial charge in [0.25, 0.3) is 5.56 Å². The Kier molecular flexibility index (Phi) is 4.31. The van der Waals surface area contributed by atoms with Crippen molar-refractivity contribution in [2.45, 2.75) is 12.6 Å². The number of H-pyrrole nitrogens is 1. The summed E-state index contributed by atoms with van der Waals surface area (Å²) < 4.78 is 16.7. The SMILES string of the molecule is O=c1[nH]cnc2c1ncn2C[C@@H](O)COCP(=O)(O)O. The Balaban J connectivity index is 2.00. The molecular weight excluding hydrogens is 291 g/mol. The van der Waals surface area contributed by atoms with Crippen LogP contribution < -0.4 is 5.56 Å². The number of nitrogens with zero attached hydrogens (tertiary/aromatic N) is 3. The molecule has 0 saturated carbocycles. The Morgan fingerprint density at radius 3 is 2.90 bits per heavy atom. The van der Waals surface area contributed by atoms with Gasteiger partial charge in [0, 0.05) is 0 Å². The lowest BCUT2D eigenvalue weighted by Crippen LogP contribution is -2.22. The molecule has 2 aromatic rings. The van der Waals surface area contributed by atoms with Crippen molar-refractivity contribution in [1.29, 1.82) is 0 Å². The van der Waals surface area contributed by atoms with Crippen LogP contribution in [0.15, 0.2) is 17.4 Å². The van der Waals surface area contributed by atoms with E-state index in [1.54, 1.807) is 0 Å². The molecule has 0 saturated heterocycles. The third-order valence-electron chi connectivity index (χ3n) is 2.38. The van der Waals surface area contributed by atoms with Gasteiger partial charge in [0.15, 0.2) is 11.2 Å². The quantitative estimate of drug-likeness (QED) is 0.477. The molecule has 0 radical (unpaired) electrons. The second kappa shape index (κ2) is 5.81. The van der Waals surface area contributed by atoms with Crippen molar-refractivity contribution in [2.75, 3.05) is 13.0 Å². The van der Waals surface area contributed by atoms with Crippen LogP contribution >= 0.6 is 7.60 Å². The van der Waals surface area contributed by atoms with Crippen molar-refractivity contribution in [3.8, 4) is 0 Å². The Morgan fingerprint density at radius 2 is 2.20 bits per heavy atom. The maximum absolute atomic E-state index is 11.4. The van der Waals surface area contributed by atoms with Gasteiger partial charge in [-0.2, -0.15) is 0 Å². The van der Waals surface area contributed by atoms with Gasteiger partial charge in [0.05, 0.1) is 31.9 Å². The van der Waals surface area contributed by atoms with Crippen molar-refractivity contribution in [3.63, 3.8) is 0 Å². The average molecular weight is 304 g/mol. The van der Waals surface area contributed by atoms with Crippen LogP contribution in [0.25, 0.3) is 11.2 Å². The number of hydrogen-bond donors (Lipinski definition) is 4. The van der Waals surface area contributed by atoms with E-state index in [4.69, 9.17) is 14.5 Å². The highest BCUT2D eigenvalue weighted by atomic mass is 31.2. The number of ether oxygens (including phenoxy) is 1. The second-order valence-corrected chi connectivity index (χ2v) is 5.71. The van der Waals surface area contributed by atoms with Gasteiger partial charge < -0.3 is 29.2 Å². The minimum Gasteiger partial charge on any atom is -0.389 e. The molecular formula is C9H13N4O6P. The largest absolute Gasteiger partial charge is 0.389 e. The van der Waals surface area contributed by atoms with Gasteiger partial charge in [-0.3, -0.25) is 9.36 Å². The molecule has 0 amide bonds. The molecule has 2 aromatic heterocycles. The molecule has 0 fully saturated rings. The summed E-state index contributed by atoms with van der Waals surface area (Å²) in [5.74, 6) is 0. The molecule has 1 atom stereocenters. The van der Waals surface area contributed by atoms with Crippen LogP contribution in [-0.2, 0) is 15.8 Å². The highest BCUT2D eigenvalue weighted by Gasteiger charge is 2.15. The number of aromatic nitrogens is 4. The van der Waals surface area contributed by atoms with E-state index in [1.165, 1.54) is 17.2 Å². The number of fused-ring (bicyclic) bond motifs is 1. The number of hydrogen-bond acceptors (Lipinski definition) is 6. The van der Waals surface area contributed by atoms with Gasteiger partial charge >= 0.3 is 7.60 Å². The van der Waals surface area contributed by atoms with Crippen LogP contribution in [0.4, 0.5) is 0 Å². The summed E-state index contributed by atoms with van der Waals surface area (Å²) in [4.78, 5) is 38.8. The third kappa shape index (κ3) is 3.71. The smallest absolute Gasteiger partial charge is 0.350 e. The van der Waals surface area contributed by atoms with E-state index in [-0.39, 0.29) is 24.2 Å². The Labute approximate surface area is 112 Å². The average Bonchev–Trinajstić information content (AvgIpc) is 2.72. The van der Waals surface area contributed by atoms with Gasteiger partial charge in [-0.25, -0.2) is 9.97 Å². The normalized spacial score (nSPS) is 13.8. The first-order valence-corrected chi connectivity index (χ1v) is 7.35. The minimum absolute atomic E-state index is 0.0358. The summed E-state index contributed by atoms with van der Waals surface area (Å²) in [5, 5.41) is 9.71. The fraction of sp³-hybridized carbons (Fsp3) is 0.444. The lowest BCUT2D eigenvalue weighted by molar-refractivity contribution is 0.0413. The van der Waals surface area contributed by atoms with Crippen molar-refractivity contribution in [3.05, 3.63) is 23.0 Å². The summed E-state index contributed by atoms with van der Waals surface area (Å²) in [6.07, 6.45) is 0.797. The van der Waals surface area contributed by atoms with Crippen molar-refractivity contribution in [2.24, 2.45) is 0 Å². The van der Waals surface area contributed by atoms with E-state index < -0.39 is 20.0 Å². The Hall–Kier alpha value is -1.58. The van der Waals surface area contributed by atoms with E-state index in [9.17, 15) is 14.5 Å². The van der Waals surface area contributed by atoms with Gasteiger partial charge in [0.1, 0.15) is 6.35 Å². The Bertz CT molecular complexity index is 691. The lowest BCUT2D eigenvalue weighted by atomic mass is 10.4. The zero-order valence-electron chi connectivity index (χ0n) is 10.2. The van der Waals surface area contributed by atoms with E-state index in [0.717, 1.165) is 0 Å². The first kappa shape index (κ1) is 14.8. The molecule has 110 valence electrons. The van der Waals surface area contributed by atoms with Crippen LogP contribution in [0.5, 0.6) is 0 Å². The van der Waals surface area contributed by atoms with E-state index in [2.05, 4.69) is 15.0 Å². The van der Waals surface area contributed by atoms with Crippen LogP contribution in [0.1, 0.15) is 0 Å². The number of nitrogens with one attached hydrogen (secondary N) is 1. The van der Waals surface area contributed by atoms with Crippen LogP contribution in [0.3, 0.4) is 0 Å². The number of aromatic amines is 1. The fourth-order valence-electron chi connectivity index (χ4n) is 1.61. The maximum atomic E-state index is 11.4. The van der Waals surface area contributed by atoms with E-state index in [0.29, 0.717) is 5.65 Å². The first-order chi connectivity index (χ1) is 9.37. The zero-order chi connectivity index (χ0) is 14.8. The van der Waals surface area contributed by atoms with E-state index >= 15 is 0 Å². The Morgan fingerprint density at radius 1 is 1.45 bits per heavy atom. The monoisotopic (exact) mass is 304 g/mol. The zero-order valence-corrected chi connectivity index (χ0v) is 11.1. The molecule has 10 nitrogen and oxygen atoms in total. The molecule has 0 unspecified atom stereocenters. The highest BCUT2D eigenvalue weighted by Crippen LogP contribution is 2.33. The summed E-state index contributed by atoms with van der Waals surface area (Å²) in [6.45, 7) is -0.220. The van der Waals surface area contributed by atoms with Crippen molar-refractivity contribution < 1.29 is 24.2 Å². The van der Waals surface area contributed by atoms with E-state index in [1.807, 2.05) is 0 Å². The van der Waals surface area contributed by atoms with Gasteiger partial charge in [-0.05, 0) is 0 Å². The molecule has 2 heterocycles. The molecule has 20 heavy (non-hydrogen) atoms. The van der Waals surface area contributed by atoms with Gasteiger partial charge in [-0.15, -0.1) is 0 Å². The van der Waals surface area contributed by atoms with Crippen LogP contribution in [0, 0.1) is 0 Å². The summed E-state index contributed by atoms with van der Waals surface area (Å²) >= 11 is 0. The van der Waals surface area contributed by atoms with Crippen molar-refractivity contribution in [1.82, 2.24) is 19.5 Å². The number of aliphatic hydroxyl groups is 1. The highest BCUT2D eigenvalue weighted by molar-refractivity contribution is 7.51. The third-order valence-corrected chi connectivity index (χ3v) is 2.90. The van der Waals surface area contributed by atoms with Crippen LogP contribution in [-0.4, -0.2) is 53.5 Å².